The van der Waals surface area contributed by atoms with Crippen LogP contribution in [-0.2, 0) is 14.3 Å². The number of piperazine rings is 1. The molecule has 1 unspecified atom stereocenters. The Morgan fingerprint density at radius 3 is 2.50 bits per heavy atom. The molecule has 1 saturated heterocycles. The number of anilines is 2. The Morgan fingerprint density at radius 2 is 1.83 bits per heavy atom. The molecule has 0 aromatic heterocycles. The number of alkyl carbamates (subject to hydrolysis) is 1. The first kappa shape index (κ1) is 22.0. The Hall–Kier alpha value is -2.65. The first-order valence-electron chi connectivity index (χ1n) is 10.2. The Labute approximate surface area is 177 Å². The van der Waals surface area contributed by atoms with Gasteiger partial charge in [-0.2, -0.15) is 0 Å². The molecule has 0 radical (unpaired) electrons. The minimum atomic E-state index is -0.927. The van der Waals surface area contributed by atoms with Crippen molar-refractivity contribution in [3.63, 3.8) is 0 Å². The van der Waals surface area contributed by atoms with Gasteiger partial charge in [0, 0.05) is 26.2 Å². The number of carbonyl (C=O) groups is 3. The lowest BCUT2D eigenvalue weighted by Gasteiger charge is -2.33. The summed E-state index contributed by atoms with van der Waals surface area (Å²) in [5.41, 5.74) is 0.478. The summed E-state index contributed by atoms with van der Waals surface area (Å²) in [6.45, 7) is 9.00. The van der Waals surface area contributed by atoms with Crippen LogP contribution in [0.2, 0.25) is 0 Å². The molecule has 1 aromatic carbocycles. The Morgan fingerprint density at radius 1 is 1.17 bits per heavy atom. The number of nitrogens with one attached hydrogen (secondary N) is 2. The van der Waals surface area contributed by atoms with E-state index in [9.17, 15) is 14.4 Å². The van der Waals surface area contributed by atoms with Gasteiger partial charge >= 0.3 is 6.09 Å². The van der Waals surface area contributed by atoms with Crippen LogP contribution in [0.15, 0.2) is 24.3 Å². The van der Waals surface area contributed by atoms with Crippen molar-refractivity contribution in [2.24, 2.45) is 0 Å². The molecule has 0 spiro atoms. The molecule has 1 aromatic rings. The molecule has 164 valence electrons. The van der Waals surface area contributed by atoms with Gasteiger partial charge in [0.2, 0.25) is 11.8 Å². The molecule has 0 aliphatic carbocycles. The third-order valence-electron chi connectivity index (χ3n) is 5.08. The summed E-state index contributed by atoms with van der Waals surface area (Å²) in [5, 5.41) is 5.42. The molecule has 30 heavy (non-hydrogen) atoms. The minimum Gasteiger partial charge on any atom is -0.444 e. The molecule has 9 nitrogen and oxygen atoms in total. The van der Waals surface area contributed by atoms with Crippen LogP contribution in [0.5, 0.6) is 0 Å². The topological polar surface area (TPSA) is 94.2 Å². The van der Waals surface area contributed by atoms with Crippen LogP contribution in [-0.4, -0.2) is 85.7 Å². The molecule has 0 bridgehead atoms. The van der Waals surface area contributed by atoms with Crippen molar-refractivity contribution in [3.05, 3.63) is 24.3 Å². The summed E-state index contributed by atoms with van der Waals surface area (Å²) in [5.74, 6) is -0.498. The summed E-state index contributed by atoms with van der Waals surface area (Å²) in [7, 11) is 2.06. The average molecular weight is 418 g/mol. The van der Waals surface area contributed by atoms with E-state index in [1.54, 1.807) is 43.9 Å². The fourth-order valence-electron chi connectivity index (χ4n) is 3.48. The van der Waals surface area contributed by atoms with E-state index in [0.717, 1.165) is 26.2 Å². The molecule has 1 atom stereocenters. The fourth-order valence-corrected chi connectivity index (χ4v) is 3.48. The van der Waals surface area contributed by atoms with Crippen LogP contribution in [0.4, 0.5) is 16.2 Å². The highest BCUT2D eigenvalue weighted by molar-refractivity contribution is 6.06. The van der Waals surface area contributed by atoms with Crippen LogP contribution in [0.25, 0.3) is 0 Å². The zero-order valence-electron chi connectivity index (χ0n) is 18.1. The quantitative estimate of drug-likeness (QED) is 0.765. The molecule has 2 aliphatic rings. The van der Waals surface area contributed by atoms with E-state index < -0.39 is 17.7 Å². The van der Waals surface area contributed by atoms with Gasteiger partial charge in [0.05, 0.1) is 24.5 Å². The SMILES string of the molecule is CN1CCN(CC(=O)N2CC(NC(=O)OC(C)(C)C)C(=O)Nc3ccccc32)CC1. The van der Waals surface area contributed by atoms with E-state index in [-0.39, 0.29) is 24.9 Å². The molecule has 3 rings (SSSR count). The number of amides is 3. The zero-order valence-corrected chi connectivity index (χ0v) is 18.1. The van der Waals surface area contributed by atoms with Gasteiger partial charge in [-0.1, -0.05) is 12.1 Å². The second-order valence-electron chi connectivity index (χ2n) is 8.79. The van der Waals surface area contributed by atoms with Crippen molar-refractivity contribution >= 4 is 29.3 Å². The molecule has 1 fully saturated rings. The lowest BCUT2D eigenvalue weighted by molar-refractivity contribution is -0.120. The van der Waals surface area contributed by atoms with Gasteiger partial charge in [-0.3, -0.25) is 14.5 Å². The van der Waals surface area contributed by atoms with E-state index >= 15 is 0 Å². The van der Waals surface area contributed by atoms with Crippen LogP contribution < -0.4 is 15.5 Å². The van der Waals surface area contributed by atoms with Gasteiger partial charge in [0.1, 0.15) is 11.6 Å². The molecule has 3 amide bonds. The molecule has 9 heteroatoms. The highest BCUT2D eigenvalue weighted by Gasteiger charge is 2.33. The zero-order chi connectivity index (χ0) is 21.9. The van der Waals surface area contributed by atoms with Crippen LogP contribution >= 0.6 is 0 Å². The van der Waals surface area contributed by atoms with Crippen LogP contribution in [0.1, 0.15) is 20.8 Å². The van der Waals surface area contributed by atoms with Gasteiger partial charge in [-0.05, 0) is 40.0 Å². The second kappa shape index (κ2) is 9.01. The van der Waals surface area contributed by atoms with Crippen LogP contribution in [0, 0.1) is 0 Å². The van der Waals surface area contributed by atoms with Gasteiger partial charge in [-0.15, -0.1) is 0 Å². The van der Waals surface area contributed by atoms with Crippen LogP contribution in [0.3, 0.4) is 0 Å². The largest absolute Gasteiger partial charge is 0.444 e. The molecular formula is C21H31N5O4. The second-order valence-corrected chi connectivity index (χ2v) is 8.79. The summed E-state index contributed by atoms with van der Waals surface area (Å²) < 4.78 is 5.29. The normalized spacial score (nSPS) is 20.7. The third-order valence-corrected chi connectivity index (χ3v) is 5.08. The maximum Gasteiger partial charge on any atom is 0.408 e. The average Bonchev–Trinajstić information content (AvgIpc) is 2.79. The Balaban J connectivity index is 1.77. The lowest BCUT2D eigenvalue weighted by Crippen LogP contribution is -2.53. The molecular weight excluding hydrogens is 386 g/mol. The predicted molar refractivity (Wildman–Crippen MR) is 115 cm³/mol. The first-order valence-corrected chi connectivity index (χ1v) is 10.2. The van der Waals surface area contributed by atoms with E-state index in [1.165, 1.54) is 0 Å². The smallest absolute Gasteiger partial charge is 0.408 e. The van der Waals surface area contributed by atoms with Crippen molar-refractivity contribution in [1.29, 1.82) is 0 Å². The van der Waals surface area contributed by atoms with Gasteiger partial charge < -0.3 is 25.2 Å². The monoisotopic (exact) mass is 417 g/mol. The number of hydrogen-bond acceptors (Lipinski definition) is 6. The summed E-state index contributed by atoms with van der Waals surface area (Å²) in [4.78, 5) is 44.1. The van der Waals surface area contributed by atoms with Crippen molar-refractivity contribution in [2.45, 2.75) is 32.4 Å². The maximum absolute atomic E-state index is 13.2. The molecule has 2 heterocycles. The maximum atomic E-state index is 13.2. The lowest BCUT2D eigenvalue weighted by atomic mass is 10.2. The van der Waals surface area contributed by atoms with E-state index in [1.807, 2.05) is 6.07 Å². The van der Waals surface area contributed by atoms with E-state index in [2.05, 4.69) is 27.5 Å². The number of rotatable bonds is 3. The number of carbonyl (C=O) groups excluding carboxylic acids is 3. The summed E-state index contributed by atoms with van der Waals surface area (Å²) in [6, 6.07) is 6.24. The van der Waals surface area contributed by atoms with Gasteiger partial charge in [0.25, 0.3) is 0 Å². The summed E-state index contributed by atoms with van der Waals surface area (Å²) in [6.07, 6.45) is -0.694. The van der Waals surface area contributed by atoms with E-state index in [4.69, 9.17) is 4.74 Å². The number of ether oxygens (including phenoxy) is 1. The highest BCUT2D eigenvalue weighted by Crippen LogP contribution is 2.29. The number of fused-ring (bicyclic) bond motifs is 1. The first-order chi connectivity index (χ1) is 14.1. The summed E-state index contributed by atoms with van der Waals surface area (Å²) >= 11 is 0. The fraction of sp³-hybridized carbons (Fsp3) is 0.571. The number of likely N-dealkylation sites (N-methyl/N-ethyl adjacent to an activating group) is 1. The van der Waals surface area contributed by atoms with Gasteiger partial charge in [-0.25, -0.2) is 4.79 Å². The Kier molecular flexibility index (Phi) is 6.62. The standard InChI is InChI=1S/C21H31N5O4/c1-21(2,3)30-20(29)23-16-13-26(17-8-6-5-7-15(17)22-19(16)28)18(27)14-25-11-9-24(4)10-12-25/h5-8,16H,9-14H2,1-4H3,(H,22,28)(H,23,29). The van der Waals surface area contributed by atoms with E-state index in [0.29, 0.717) is 11.4 Å². The predicted octanol–water partition coefficient (Wildman–Crippen LogP) is 1.11. The van der Waals surface area contributed by atoms with Crippen molar-refractivity contribution in [1.82, 2.24) is 15.1 Å². The van der Waals surface area contributed by atoms with Crippen molar-refractivity contribution in [3.8, 4) is 0 Å². The third kappa shape index (κ3) is 5.70. The van der Waals surface area contributed by atoms with Gasteiger partial charge in [0.15, 0.2) is 0 Å². The number of benzene rings is 1. The minimum absolute atomic E-state index is 0.0364. The number of hydrogen-bond donors (Lipinski definition) is 2. The molecule has 2 aliphatic heterocycles. The molecule has 2 N–H and O–H groups in total. The number of para-hydroxylation sites is 2. The van der Waals surface area contributed by atoms with Crippen molar-refractivity contribution in [2.75, 3.05) is 56.5 Å². The number of nitrogens with zero attached hydrogens (tertiary/aromatic N) is 3. The highest BCUT2D eigenvalue weighted by atomic mass is 16.6. The molecule has 0 saturated carbocycles. The van der Waals surface area contributed by atoms with Crippen molar-refractivity contribution < 1.29 is 19.1 Å². The Bertz CT molecular complexity index is 799.